The van der Waals surface area contributed by atoms with E-state index in [9.17, 15) is 4.79 Å². The molecule has 1 aromatic rings. The minimum atomic E-state index is -0.347. The van der Waals surface area contributed by atoms with Crippen molar-refractivity contribution in [3.63, 3.8) is 0 Å². The summed E-state index contributed by atoms with van der Waals surface area (Å²) in [6, 6.07) is 5.25. The number of nitrogens with one attached hydrogen (secondary N) is 1. The van der Waals surface area contributed by atoms with Crippen LogP contribution in [0.5, 0.6) is 5.75 Å². The number of methoxy groups -OCH3 is 1. The quantitative estimate of drug-likeness (QED) is 0.854. The minimum Gasteiger partial charge on any atom is -0.495 e. The molecule has 0 radical (unpaired) electrons. The van der Waals surface area contributed by atoms with Crippen LogP contribution in [-0.4, -0.2) is 19.6 Å². The topological polar surface area (TPSA) is 62.1 Å². The van der Waals surface area contributed by atoms with E-state index in [0.717, 1.165) is 4.47 Å². The van der Waals surface area contributed by atoms with Crippen LogP contribution < -0.4 is 10.1 Å². The van der Waals surface area contributed by atoms with Crippen LogP contribution in [0.3, 0.4) is 0 Å². The highest BCUT2D eigenvalue weighted by molar-refractivity contribution is 9.11. The summed E-state index contributed by atoms with van der Waals surface area (Å²) in [6.07, 6.45) is 0. The van der Waals surface area contributed by atoms with E-state index in [4.69, 9.17) is 10.00 Å². The van der Waals surface area contributed by atoms with Crippen molar-refractivity contribution < 1.29 is 9.53 Å². The first-order valence-corrected chi connectivity index (χ1v) is 5.87. The van der Waals surface area contributed by atoms with Crippen molar-refractivity contribution in [2.24, 2.45) is 0 Å². The molecule has 1 N–H and O–H groups in total. The molecule has 0 aliphatic rings. The fourth-order valence-electron chi connectivity index (χ4n) is 1.15. The summed E-state index contributed by atoms with van der Waals surface area (Å²) < 4.78 is 6.55. The molecule has 0 aromatic heterocycles. The lowest BCUT2D eigenvalue weighted by atomic mass is 10.2. The lowest BCUT2D eigenvalue weighted by Crippen LogP contribution is -2.24. The van der Waals surface area contributed by atoms with E-state index in [0.29, 0.717) is 15.8 Å². The maximum Gasteiger partial charge on any atom is 0.255 e. The normalized spacial score (nSPS) is 9.38. The van der Waals surface area contributed by atoms with E-state index in [2.05, 4.69) is 37.2 Å². The molecular formula is C10H8Br2N2O2. The van der Waals surface area contributed by atoms with E-state index in [1.54, 1.807) is 12.1 Å². The lowest BCUT2D eigenvalue weighted by Gasteiger charge is -2.10. The summed E-state index contributed by atoms with van der Waals surface area (Å²) in [5, 5.41) is 10.8. The molecule has 0 unspecified atom stereocenters. The molecule has 16 heavy (non-hydrogen) atoms. The third-order valence-electron chi connectivity index (χ3n) is 1.79. The number of nitrogens with zero attached hydrogens (tertiary/aromatic N) is 1. The highest BCUT2D eigenvalue weighted by Gasteiger charge is 2.15. The second-order valence-corrected chi connectivity index (χ2v) is 4.58. The number of carbonyl (C=O) groups is 1. The molecule has 1 amide bonds. The molecule has 0 heterocycles. The zero-order valence-electron chi connectivity index (χ0n) is 8.38. The van der Waals surface area contributed by atoms with Gasteiger partial charge >= 0.3 is 0 Å². The average molecular weight is 348 g/mol. The van der Waals surface area contributed by atoms with E-state index >= 15 is 0 Å². The molecule has 0 atom stereocenters. The second kappa shape index (κ2) is 5.87. The SMILES string of the molecule is COc1c(Br)cc(Br)cc1C(=O)NCC#N. The standard InChI is InChI=1S/C10H8Br2N2O2/c1-16-9-7(10(15)14-3-2-13)4-6(11)5-8(9)12/h4-5H,3H2,1H3,(H,14,15). The fourth-order valence-corrected chi connectivity index (χ4v) is 2.54. The van der Waals surface area contributed by atoms with Gasteiger partial charge in [-0.2, -0.15) is 5.26 Å². The Morgan fingerprint density at radius 2 is 2.25 bits per heavy atom. The van der Waals surface area contributed by atoms with Gasteiger partial charge in [-0.1, -0.05) is 15.9 Å². The summed E-state index contributed by atoms with van der Waals surface area (Å²) in [7, 11) is 1.48. The maximum atomic E-state index is 11.7. The van der Waals surface area contributed by atoms with Gasteiger partial charge in [-0.25, -0.2) is 0 Å². The molecule has 0 spiro atoms. The largest absolute Gasteiger partial charge is 0.495 e. The van der Waals surface area contributed by atoms with Crippen molar-refractivity contribution in [1.29, 1.82) is 5.26 Å². The number of halogens is 2. The molecule has 0 saturated carbocycles. The Morgan fingerprint density at radius 3 is 2.81 bits per heavy atom. The first-order valence-electron chi connectivity index (χ1n) is 4.28. The van der Waals surface area contributed by atoms with E-state index < -0.39 is 0 Å². The van der Waals surface area contributed by atoms with Crippen molar-refractivity contribution in [2.75, 3.05) is 13.7 Å². The highest BCUT2D eigenvalue weighted by Crippen LogP contribution is 2.32. The van der Waals surface area contributed by atoms with Gasteiger partial charge in [0.25, 0.3) is 5.91 Å². The summed E-state index contributed by atoms with van der Waals surface area (Å²) in [5.74, 6) is 0.0963. The van der Waals surface area contributed by atoms with Crippen LogP contribution in [-0.2, 0) is 0 Å². The van der Waals surface area contributed by atoms with Crippen molar-refractivity contribution in [2.45, 2.75) is 0 Å². The zero-order chi connectivity index (χ0) is 12.1. The Kier molecular flexibility index (Phi) is 4.77. The number of rotatable bonds is 3. The number of carbonyl (C=O) groups excluding carboxylic acids is 1. The zero-order valence-corrected chi connectivity index (χ0v) is 11.6. The lowest BCUT2D eigenvalue weighted by molar-refractivity contribution is 0.0955. The minimum absolute atomic E-state index is 0.0356. The molecule has 0 aliphatic carbocycles. The van der Waals surface area contributed by atoms with Crippen molar-refractivity contribution >= 4 is 37.8 Å². The van der Waals surface area contributed by atoms with E-state index in [-0.39, 0.29) is 12.5 Å². The van der Waals surface area contributed by atoms with E-state index in [1.165, 1.54) is 7.11 Å². The number of ether oxygens (including phenoxy) is 1. The van der Waals surface area contributed by atoms with Crippen molar-refractivity contribution in [1.82, 2.24) is 5.32 Å². The van der Waals surface area contributed by atoms with Crippen molar-refractivity contribution in [3.8, 4) is 11.8 Å². The number of hydrogen-bond donors (Lipinski definition) is 1. The van der Waals surface area contributed by atoms with Crippen LogP contribution in [0.1, 0.15) is 10.4 Å². The second-order valence-electron chi connectivity index (χ2n) is 2.81. The molecule has 0 bridgehead atoms. The molecule has 0 saturated heterocycles. The Labute approximate surface area is 110 Å². The van der Waals surface area contributed by atoms with Crippen LogP contribution in [0.15, 0.2) is 21.1 Å². The van der Waals surface area contributed by atoms with Gasteiger partial charge in [0, 0.05) is 4.47 Å². The molecule has 0 aliphatic heterocycles. The number of nitriles is 1. The Bertz CT molecular complexity index is 455. The summed E-state index contributed by atoms with van der Waals surface area (Å²) in [6.45, 7) is -0.0356. The molecular weight excluding hydrogens is 340 g/mol. The van der Waals surface area contributed by atoms with Crippen LogP contribution in [0.4, 0.5) is 0 Å². The number of benzene rings is 1. The van der Waals surface area contributed by atoms with Crippen LogP contribution in [0.2, 0.25) is 0 Å². The van der Waals surface area contributed by atoms with Crippen LogP contribution >= 0.6 is 31.9 Å². The monoisotopic (exact) mass is 346 g/mol. The van der Waals surface area contributed by atoms with Crippen molar-refractivity contribution in [3.05, 3.63) is 26.6 Å². The Hall–Kier alpha value is -1.06. The summed E-state index contributed by atoms with van der Waals surface area (Å²) in [5.41, 5.74) is 0.374. The van der Waals surface area contributed by atoms with Crippen LogP contribution in [0, 0.1) is 11.3 Å². The predicted molar refractivity (Wildman–Crippen MR) is 66.3 cm³/mol. The predicted octanol–water partition coefficient (Wildman–Crippen LogP) is 2.47. The highest BCUT2D eigenvalue weighted by atomic mass is 79.9. The molecule has 1 rings (SSSR count). The molecule has 0 fully saturated rings. The smallest absolute Gasteiger partial charge is 0.255 e. The fraction of sp³-hybridized carbons (Fsp3) is 0.200. The average Bonchev–Trinajstić information content (AvgIpc) is 2.24. The van der Waals surface area contributed by atoms with Gasteiger partial charge in [0.1, 0.15) is 12.3 Å². The third-order valence-corrected chi connectivity index (χ3v) is 2.83. The molecule has 1 aromatic carbocycles. The van der Waals surface area contributed by atoms with Crippen LogP contribution in [0.25, 0.3) is 0 Å². The third kappa shape index (κ3) is 2.97. The van der Waals surface area contributed by atoms with Gasteiger partial charge in [0.2, 0.25) is 0 Å². The van der Waals surface area contributed by atoms with Gasteiger partial charge < -0.3 is 10.1 Å². The van der Waals surface area contributed by atoms with Gasteiger partial charge in [0.05, 0.1) is 23.2 Å². The summed E-state index contributed by atoms with van der Waals surface area (Å²) >= 11 is 6.58. The maximum absolute atomic E-state index is 11.7. The Balaban J connectivity index is 3.11. The first kappa shape index (κ1) is 13.0. The summed E-state index contributed by atoms with van der Waals surface area (Å²) in [4.78, 5) is 11.7. The van der Waals surface area contributed by atoms with Gasteiger partial charge in [-0.15, -0.1) is 0 Å². The number of amides is 1. The van der Waals surface area contributed by atoms with E-state index in [1.807, 2.05) is 6.07 Å². The molecule has 4 nitrogen and oxygen atoms in total. The first-order chi connectivity index (χ1) is 7.60. The molecule has 6 heteroatoms. The van der Waals surface area contributed by atoms with Gasteiger partial charge in [0.15, 0.2) is 0 Å². The Morgan fingerprint density at radius 1 is 1.56 bits per heavy atom. The number of hydrogen-bond acceptors (Lipinski definition) is 3. The van der Waals surface area contributed by atoms with Gasteiger partial charge in [-0.05, 0) is 28.1 Å². The van der Waals surface area contributed by atoms with Gasteiger partial charge in [-0.3, -0.25) is 4.79 Å². The molecule has 84 valence electrons.